The van der Waals surface area contributed by atoms with Gasteiger partial charge in [0.1, 0.15) is 11.9 Å². The number of benzene rings is 2. The van der Waals surface area contributed by atoms with E-state index in [-0.39, 0.29) is 29.7 Å². The second kappa shape index (κ2) is 9.65. The first-order valence-electron chi connectivity index (χ1n) is 10.1. The lowest BCUT2D eigenvalue weighted by molar-refractivity contribution is -0.132. The van der Waals surface area contributed by atoms with Gasteiger partial charge < -0.3 is 10.6 Å². The van der Waals surface area contributed by atoms with E-state index in [0.29, 0.717) is 18.5 Å². The maximum absolute atomic E-state index is 14.0. The molecule has 0 spiro atoms. The lowest BCUT2D eigenvalue weighted by atomic mass is 10.0. The van der Waals surface area contributed by atoms with Gasteiger partial charge in [0.25, 0.3) is 0 Å². The molecule has 1 saturated heterocycles. The van der Waals surface area contributed by atoms with E-state index < -0.39 is 6.04 Å². The van der Waals surface area contributed by atoms with E-state index >= 15 is 0 Å². The zero-order chi connectivity index (χ0) is 20.8. The third kappa shape index (κ3) is 5.41. The van der Waals surface area contributed by atoms with Crippen molar-refractivity contribution in [2.45, 2.75) is 51.4 Å². The maximum Gasteiger partial charge on any atom is 0.247 e. The minimum atomic E-state index is -0.762. The predicted molar refractivity (Wildman–Crippen MR) is 110 cm³/mol. The number of hydrogen-bond donors (Lipinski definition) is 2. The van der Waals surface area contributed by atoms with Gasteiger partial charge in [0, 0.05) is 18.2 Å². The van der Waals surface area contributed by atoms with Crippen molar-refractivity contribution in [2.75, 3.05) is 6.54 Å². The van der Waals surface area contributed by atoms with Crippen LogP contribution in [0.1, 0.15) is 43.9 Å². The highest BCUT2D eigenvalue weighted by atomic mass is 19.1. The Morgan fingerprint density at radius 2 is 1.76 bits per heavy atom. The molecule has 2 aromatic carbocycles. The van der Waals surface area contributed by atoms with Gasteiger partial charge >= 0.3 is 0 Å². The highest BCUT2D eigenvalue weighted by molar-refractivity contribution is 5.90. The fourth-order valence-corrected chi connectivity index (χ4v) is 3.71. The van der Waals surface area contributed by atoms with E-state index in [1.54, 1.807) is 18.2 Å². The Morgan fingerprint density at radius 1 is 1.07 bits per heavy atom. The van der Waals surface area contributed by atoms with Crippen molar-refractivity contribution in [3.05, 3.63) is 71.5 Å². The first-order chi connectivity index (χ1) is 14.0. The Kier molecular flexibility index (Phi) is 6.99. The Hall–Kier alpha value is -2.73. The number of likely N-dealkylation sites (tertiary alicyclic amines) is 1. The molecule has 154 valence electrons. The number of rotatable bonds is 7. The SMILES string of the molecule is CC(C)NC(=O)C(NC(=O)C1CCCN1Cc1ccccc1F)c1ccccc1. The summed E-state index contributed by atoms with van der Waals surface area (Å²) in [6.07, 6.45) is 1.55. The molecule has 5 nitrogen and oxygen atoms in total. The standard InChI is InChI=1S/C23H28FN3O2/c1-16(2)25-23(29)21(17-9-4-3-5-10-17)26-22(28)20-13-8-14-27(20)15-18-11-6-7-12-19(18)24/h3-7,9-12,16,20-21H,8,13-15H2,1-2H3,(H,25,29)(H,26,28). The van der Waals surface area contributed by atoms with Gasteiger partial charge in [-0.1, -0.05) is 48.5 Å². The van der Waals surface area contributed by atoms with E-state index in [1.807, 2.05) is 49.1 Å². The molecule has 0 saturated carbocycles. The normalized spacial score (nSPS) is 17.9. The summed E-state index contributed by atoms with van der Waals surface area (Å²) in [5, 5.41) is 5.80. The van der Waals surface area contributed by atoms with E-state index in [4.69, 9.17) is 0 Å². The van der Waals surface area contributed by atoms with Crippen molar-refractivity contribution < 1.29 is 14.0 Å². The average molecular weight is 397 g/mol. The molecule has 2 atom stereocenters. The summed E-state index contributed by atoms with van der Waals surface area (Å²) in [5.41, 5.74) is 1.31. The van der Waals surface area contributed by atoms with E-state index in [1.165, 1.54) is 6.07 Å². The zero-order valence-corrected chi connectivity index (χ0v) is 16.9. The number of halogens is 1. The average Bonchev–Trinajstić information content (AvgIpc) is 3.16. The highest BCUT2D eigenvalue weighted by Crippen LogP contribution is 2.23. The van der Waals surface area contributed by atoms with Gasteiger partial charge in [0.15, 0.2) is 0 Å². The lowest BCUT2D eigenvalue weighted by Gasteiger charge is -2.27. The van der Waals surface area contributed by atoms with Gasteiger partial charge in [-0.05, 0) is 44.9 Å². The number of nitrogens with one attached hydrogen (secondary N) is 2. The fraction of sp³-hybridized carbons (Fsp3) is 0.391. The van der Waals surface area contributed by atoms with E-state index in [2.05, 4.69) is 10.6 Å². The Morgan fingerprint density at radius 3 is 2.45 bits per heavy atom. The summed E-state index contributed by atoms with van der Waals surface area (Å²) in [7, 11) is 0. The Bertz CT molecular complexity index is 841. The monoisotopic (exact) mass is 397 g/mol. The van der Waals surface area contributed by atoms with Crippen LogP contribution in [0.3, 0.4) is 0 Å². The molecule has 2 aromatic rings. The van der Waals surface area contributed by atoms with Crippen LogP contribution < -0.4 is 10.6 Å². The second-order valence-corrected chi connectivity index (χ2v) is 7.74. The molecule has 1 heterocycles. The van der Waals surface area contributed by atoms with Crippen LogP contribution in [0.5, 0.6) is 0 Å². The van der Waals surface area contributed by atoms with Gasteiger partial charge in [-0.25, -0.2) is 4.39 Å². The number of hydrogen-bond acceptors (Lipinski definition) is 3. The van der Waals surface area contributed by atoms with Crippen LogP contribution in [0.25, 0.3) is 0 Å². The van der Waals surface area contributed by atoms with Crippen molar-refractivity contribution in [3.63, 3.8) is 0 Å². The molecule has 2 unspecified atom stereocenters. The van der Waals surface area contributed by atoms with Crippen LogP contribution >= 0.6 is 0 Å². The summed E-state index contributed by atoms with van der Waals surface area (Å²) in [4.78, 5) is 27.8. The molecule has 0 radical (unpaired) electrons. The first-order valence-corrected chi connectivity index (χ1v) is 10.1. The van der Waals surface area contributed by atoms with Crippen LogP contribution in [0.2, 0.25) is 0 Å². The Labute approximate surface area is 171 Å². The third-order valence-corrected chi connectivity index (χ3v) is 5.11. The van der Waals surface area contributed by atoms with Gasteiger partial charge in [0.2, 0.25) is 11.8 Å². The van der Waals surface area contributed by atoms with Crippen LogP contribution in [-0.2, 0) is 16.1 Å². The van der Waals surface area contributed by atoms with Crippen molar-refractivity contribution in [1.82, 2.24) is 15.5 Å². The van der Waals surface area contributed by atoms with Gasteiger partial charge in [-0.2, -0.15) is 0 Å². The molecule has 29 heavy (non-hydrogen) atoms. The molecule has 2 N–H and O–H groups in total. The topological polar surface area (TPSA) is 61.4 Å². The first kappa shape index (κ1) is 21.0. The maximum atomic E-state index is 14.0. The quantitative estimate of drug-likeness (QED) is 0.754. The molecule has 1 aliphatic rings. The fourth-order valence-electron chi connectivity index (χ4n) is 3.71. The van der Waals surface area contributed by atoms with Gasteiger partial charge in [0.05, 0.1) is 6.04 Å². The van der Waals surface area contributed by atoms with Crippen LogP contribution in [0.15, 0.2) is 54.6 Å². The predicted octanol–water partition coefficient (Wildman–Crippen LogP) is 3.17. The summed E-state index contributed by atoms with van der Waals surface area (Å²) in [5.74, 6) is -0.707. The smallest absolute Gasteiger partial charge is 0.247 e. The van der Waals surface area contributed by atoms with E-state index in [9.17, 15) is 14.0 Å². The molecule has 3 rings (SSSR count). The van der Waals surface area contributed by atoms with E-state index in [0.717, 1.165) is 18.5 Å². The molecule has 2 amide bonds. The summed E-state index contributed by atoms with van der Waals surface area (Å²) < 4.78 is 14.0. The lowest BCUT2D eigenvalue weighted by Crippen LogP contribution is -2.48. The van der Waals surface area contributed by atoms with Crippen molar-refractivity contribution in [2.24, 2.45) is 0 Å². The number of nitrogens with zero attached hydrogens (tertiary/aromatic N) is 1. The zero-order valence-electron chi connectivity index (χ0n) is 16.9. The van der Waals surface area contributed by atoms with Crippen LogP contribution in [-0.4, -0.2) is 35.3 Å². The molecule has 0 aliphatic carbocycles. The Balaban J connectivity index is 1.74. The van der Waals surface area contributed by atoms with Crippen LogP contribution in [0.4, 0.5) is 4.39 Å². The van der Waals surface area contributed by atoms with Gasteiger partial charge in [-0.3, -0.25) is 14.5 Å². The minimum absolute atomic E-state index is 0.0327. The largest absolute Gasteiger partial charge is 0.352 e. The van der Waals surface area contributed by atoms with Crippen LogP contribution in [0, 0.1) is 5.82 Å². The molecule has 0 bridgehead atoms. The summed E-state index contributed by atoms with van der Waals surface area (Å²) in [6, 6.07) is 14.7. The molecule has 1 aliphatic heterocycles. The van der Waals surface area contributed by atoms with Crippen molar-refractivity contribution in [3.8, 4) is 0 Å². The molecule has 1 fully saturated rings. The summed E-state index contributed by atoms with van der Waals surface area (Å²) in [6.45, 7) is 4.86. The van der Waals surface area contributed by atoms with Gasteiger partial charge in [-0.15, -0.1) is 0 Å². The highest BCUT2D eigenvalue weighted by Gasteiger charge is 2.34. The number of carbonyl (C=O) groups excluding carboxylic acids is 2. The molecule has 6 heteroatoms. The molecule has 0 aromatic heterocycles. The molecular formula is C23H28FN3O2. The third-order valence-electron chi connectivity index (χ3n) is 5.11. The summed E-state index contributed by atoms with van der Waals surface area (Å²) >= 11 is 0. The number of amides is 2. The second-order valence-electron chi connectivity index (χ2n) is 7.74. The van der Waals surface area contributed by atoms with Crippen molar-refractivity contribution >= 4 is 11.8 Å². The molecular weight excluding hydrogens is 369 g/mol. The number of carbonyl (C=O) groups is 2. The minimum Gasteiger partial charge on any atom is -0.352 e. The van der Waals surface area contributed by atoms with Crippen molar-refractivity contribution in [1.29, 1.82) is 0 Å².